The fourth-order valence-corrected chi connectivity index (χ4v) is 4.49. The molecule has 0 bridgehead atoms. The highest BCUT2D eigenvalue weighted by Gasteiger charge is 2.47. The van der Waals surface area contributed by atoms with Crippen LogP contribution in [0.4, 0.5) is 10.1 Å². The van der Waals surface area contributed by atoms with Gasteiger partial charge in [0.1, 0.15) is 17.3 Å². The molecule has 1 aliphatic heterocycles. The van der Waals surface area contributed by atoms with Crippen LogP contribution in [0, 0.1) is 5.82 Å². The minimum Gasteiger partial charge on any atom is -0.507 e. The van der Waals surface area contributed by atoms with Crippen LogP contribution < -0.4 is 9.64 Å². The van der Waals surface area contributed by atoms with Gasteiger partial charge in [-0.3, -0.25) is 14.5 Å². The van der Waals surface area contributed by atoms with Crippen molar-refractivity contribution in [3.63, 3.8) is 0 Å². The van der Waals surface area contributed by atoms with Crippen molar-refractivity contribution < 1.29 is 23.8 Å². The number of nitrogens with zero attached hydrogens (tertiary/aromatic N) is 2. The van der Waals surface area contributed by atoms with Gasteiger partial charge in [-0.1, -0.05) is 18.2 Å². The number of fused-ring (bicyclic) bond motifs is 1. The molecular weight excluding hydrogens is 435 g/mol. The Morgan fingerprint density at radius 1 is 0.971 bits per heavy atom. The summed E-state index contributed by atoms with van der Waals surface area (Å²) in [5.41, 5.74) is 2.29. The molecule has 1 aromatic heterocycles. The highest BCUT2D eigenvalue weighted by atomic mass is 19.1. The number of benzene rings is 3. The molecule has 6 nitrogen and oxygen atoms in total. The lowest BCUT2D eigenvalue weighted by Gasteiger charge is -2.25. The maximum absolute atomic E-state index is 13.5. The fraction of sp³-hybridized carbons (Fsp3) is 0.111. The molecule has 170 valence electrons. The summed E-state index contributed by atoms with van der Waals surface area (Å²) in [6, 6.07) is 18.7. The van der Waals surface area contributed by atoms with E-state index in [1.807, 2.05) is 42.1 Å². The van der Waals surface area contributed by atoms with E-state index in [0.29, 0.717) is 17.0 Å². The number of amides is 1. The number of aliphatic hydroxyl groups excluding tert-OH is 1. The van der Waals surface area contributed by atoms with E-state index in [4.69, 9.17) is 4.74 Å². The predicted molar refractivity (Wildman–Crippen MR) is 127 cm³/mol. The Kier molecular flexibility index (Phi) is 5.17. The number of ketones is 1. The number of ether oxygens (including phenoxy) is 1. The zero-order chi connectivity index (χ0) is 24.0. The van der Waals surface area contributed by atoms with Crippen molar-refractivity contribution in [1.29, 1.82) is 0 Å². The number of hydrogen-bond donors (Lipinski definition) is 1. The quantitative estimate of drug-likeness (QED) is 0.268. The minimum absolute atomic E-state index is 0.0521. The lowest BCUT2D eigenvalue weighted by atomic mass is 9.94. The number of halogens is 1. The lowest BCUT2D eigenvalue weighted by molar-refractivity contribution is -0.132. The lowest BCUT2D eigenvalue weighted by Crippen LogP contribution is -2.29. The fourth-order valence-electron chi connectivity index (χ4n) is 4.49. The molecular formula is C27H21FN2O4. The van der Waals surface area contributed by atoms with Crippen LogP contribution in [-0.2, 0) is 16.6 Å². The third-order valence-corrected chi connectivity index (χ3v) is 6.14. The molecule has 7 heteroatoms. The van der Waals surface area contributed by atoms with Gasteiger partial charge in [0.25, 0.3) is 11.7 Å². The van der Waals surface area contributed by atoms with Crippen LogP contribution in [0.3, 0.4) is 0 Å². The Morgan fingerprint density at radius 3 is 2.32 bits per heavy atom. The molecule has 1 fully saturated rings. The average molecular weight is 456 g/mol. The van der Waals surface area contributed by atoms with Gasteiger partial charge in [-0.25, -0.2) is 4.39 Å². The van der Waals surface area contributed by atoms with Gasteiger partial charge in [0.15, 0.2) is 0 Å². The summed E-state index contributed by atoms with van der Waals surface area (Å²) in [7, 11) is 3.42. The maximum atomic E-state index is 13.5. The molecule has 3 aromatic carbocycles. The second-order valence-corrected chi connectivity index (χ2v) is 8.09. The number of carbonyl (C=O) groups is 2. The Balaban J connectivity index is 1.78. The maximum Gasteiger partial charge on any atom is 0.300 e. The second kappa shape index (κ2) is 8.19. The van der Waals surface area contributed by atoms with Crippen LogP contribution in [0.2, 0.25) is 0 Å². The van der Waals surface area contributed by atoms with Gasteiger partial charge in [0.05, 0.1) is 18.7 Å². The molecule has 1 N–H and O–H groups in total. The van der Waals surface area contributed by atoms with Crippen LogP contribution in [0.15, 0.2) is 84.6 Å². The molecule has 1 amide bonds. The van der Waals surface area contributed by atoms with E-state index in [1.165, 1.54) is 29.2 Å². The largest absolute Gasteiger partial charge is 0.507 e. The Bertz CT molecular complexity index is 1450. The van der Waals surface area contributed by atoms with Crippen LogP contribution >= 0.6 is 0 Å². The van der Waals surface area contributed by atoms with E-state index < -0.39 is 23.5 Å². The monoisotopic (exact) mass is 456 g/mol. The number of anilines is 1. The number of aliphatic hydroxyl groups is 1. The summed E-state index contributed by atoms with van der Waals surface area (Å²) in [6.07, 6.45) is 1.86. The molecule has 2 heterocycles. The molecule has 1 saturated heterocycles. The van der Waals surface area contributed by atoms with E-state index in [0.717, 1.165) is 10.9 Å². The van der Waals surface area contributed by atoms with Crippen molar-refractivity contribution in [3.8, 4) is 5.75 Å². The first kappa shape index (κ1) is 21.5. The van der Waals surface area contributed by atoms with Crippen molar-refractivity contribution in [2.24, 2.45) is 7.05 Å². The Hall–Kier alpha value is -4.39. The number of para-hydroxylation sites is 1. The first-order chi connectivity index (χ1) is 16.4. The van der Waals surface area contributed by atoms with Gasteiger partial charge in [-0.15, -0.1) is 0 Å². The van der Waals surface area contributed by atoms with Crippen LogP contribution in [-0.4, -0.2) is 28.5 Å². The average Bonchev–Trinajstić information content (AvgIpc) is 3.32. The number of aromatic nitrogens is 1. The predicted octanol–water partition coefficient (Wildman–Crippen LogP) is 4.95. The van der Waals surface area contributed by atoms with Crippen molar-refractivity contribution in [3.05, 3.63) is 102 Å². The molecule has 0 saturated carbocycles. The summed E-state index contributed by atoms with van der Waals surface area (Å²) in [4.78, 5) is 28.0. The van der Waals surface area contributed by atoms with Crippen LogP contribution in [0.25, 0.3) is 16.7 Å². The van der Waals surface area contributed by atoms with Gasteiger partial charge >= 0.3 is 0 Å². The smallest absolute Gasteiger partial charge is 0.300 e. The molecule has 5 rings (SSSR count). The highest BCUT2D eigenvalue weighted by Crippen LogP contribution is 2.44. The number of aryl methyl sites for hydroxylation is 1. The number of rotatable bonds is 4. The third kappa shape index (κ3) is 3.33. The zero-order valence-corrected chi connectivity index (χ0v) is 18.5. The zero-order valence-electron chi connectivity index (χ0n) is 18.5. The molecule has 0 spiro atoms. The summed E-state index contributed by atoms with van der Waals surface area (Å²) in [5.74, 6) is -1.79. The molecule has 4 aromatic rings. The van der Waals surface area contributed by atoms with Crippen molar-refractivity contribution in [2.75, 3.05) is 12.0 Å². The normalized spacial score (nSPS) is 17.5. The number of carbonyl (C=O) groups excluding carboxylic acids is 2. The minimum atomic E-state index is -0.885. The number of hydrogen-bond acceptors (Lipinski definition) is 4. The third-order valence-electron chi connectivity index (χ3n) is 6.14. The van der Waals surface area contributed by atoms with Crippen molar-refractivity contribution >= 4 is 34.0 Å². The topological polar surface area (TPSA) is 71.8 Å². The highest BCUT2D eigenvalue weighted by molar-refractivity contribution is 6.51. The second-order valence-electron chi connectivity index (χ2n) is 8.09. The van der Waals surface area contributed by atoms with Gasteiger partial charge < -0.3 is 14.4 Å². The molecule has 34 heavy (non-hydrogen) atoms. The van der Waals surface area contributed by atoms with Gasteiger partial charge in [-0.2, -0.15) is 0 Å². The Labute approximate surface area is 195 Å². The standard InChI is InChI=1S/C27H21FN2O4/c1-29-15-21(20-5-3-4-6-22(20)29)24-23(25(31)16-7-9-17(28)10-8-16)26(32)27(33)30(24)18-11-13-19(34-2)14-12-18/h3-15,24,31H,1-2H3/b25-23+. The Morgan fingerprint density at radius 2 is 1.65 bits per heavy atom. The summed E-state index contributed by atoms with van der Waals surface area (Å²) < 4.78 is 20.6. The first-order valence-corrected chi connectivity index (χ1v) is 10.7. The van der Waals surface area contributed by atoms with E-state index in [9.17, 15) is 19.1 Å². The molecule has 1 unspecified atom stereocenters. The SMILES string of the molecule is COc1ccc(N2C(=O)C(=O)/C(=C(/O)c3ccc(F)cc3)C2c2cn(C)c3ccccc23)cc1. The van der Waals surface area contributed by atoms with Crippen molar-refractivity contribution in [1.82, 2.24) is 4.57 Å². The van der Waals surface area contributed by atoms with Crippen LogP contribution in [0.5, 0.6) is 5.75 Å². The summed E-state index contributed by atoms with van der Waals surface area (Å²) >= 11 is 0. The molecule has 0 radical (unpaired) electrons. The van der Waals surface area contributed by atoms with Crippen molar-refractivity contribution in [2.45, 2.75) is 6.04 Å². The van der Waals surface area contributed by atoms with E-state index >= 15 is 0 Å². The molecule has 0 aliphatic carbocycles. The summed E-state index contributed by atoms with van der Waals surface area (Å²) in [5, 5.41) is 12.0. The van der Waals surface area contributed by atoms with Gasteiger partial charge in [-0.05, 0) is 54.6 Å². The van der Waals surface area contributed by atoms with Gasteiger partial charge in [0.2, 0.25) is 0 Å². The molecule has 1 aliphatic rings. The van der Waals surface area contributed by atoms with Crippen LogP contribution in [0.1, 0.15) is 17.2 Å². The van der Waals surface area contributed by atoms with E-state index in [1.54, 1.807) is 31.4 Å². The first-order valence-electron chi connectivity index (χ1n) is 10.7. The van der Waals surface area contributed by atoms with E-state index in [2.05, 4.69) is 0 Å². The van der Waals surface area contributed by atoms with Gasteiger partial charge in [0, 0.05) is 41.0 Å². The summed E-state index contributed by atoms with van der Waals surface area (Å²) in [6.45, 7) is 0. The number of Topliss-reactive ketones (excluding diaryl/α,β-unsaturated/α-hetero) is 1. The molecule has 1 atom stereocenters. The van der Waals surface area contributed by atoms with E-state index in [-0.39, 0.29) is 16.9 Å². The number of methoxy groups -OCH3 is 1.